The van der Waals surface area contributed by atoms with Crippen LogP contribution in [0.5, 0.6) is 0 Å². The average Bonchev–Trinajstić information content (AvgIpc) is 2.50. The number of carbonyl (C=O) groups excluding carboxylic acids is 1. The first-order valence-electron chi connectivity index (χ1n) is 7.49. The third-order valence-corrected chi connectivity index (χ3v) is 3.45. The van der Waals surface area contributed by atoms with Crippen LogP contribution in [0.15, 0.2) is 24.3 Å². The molecule has 0 aromatic heterocycles. The Bertz CT molecular complexity index is 518. The lowest BCUT2D eigenvalue weighted by Crippen LogP contribution is -2.47. The van der Waals surface area contributed by atoms with Gasteiger partial charge in [0.15, 0.2) is 0 Å². The summed E-state index contributed by atoms with van der Waals surface area (Å²) in [6.07, 6.45) is -4.38. The molecule has 0 heterocycles. The maximum absolute atomic E-state index is 12.6. The maximum Gasteiger partial charge on any atom is 0.416 e. The maximum atomic E-state index is 12.6. The minimum absolute atomic E-state index is 0.0876. The number of benzene rings is 1. The molecule has 0 spiro atoms. The molecule has 0 bridgehead atoms. The molecule has 5 nitrogen and oxygen atoms in total. The highest BCUT2D eigenvalue weighted by Crippen LogP contribution is 2.29. The first kappa shape index (κ1) is 20.4. The molecule has 1 aromatic rings. The van der Waals surface area contributed by atoms with Crippen molar-refractivity contribution in [1.82, 2.24) is 9.80 Å². The van der Waals surface area contributed by atoms with Crippen LogP contribution in [0.25, 0.3) is 0 Å². The number of halogens is 3. The van der Waals surface area contributed by atoms with E-state index in [2.05, 4.69) is 0 Å². The van der Waals surface area contributed by atoms with E-state index in [4.69, 9.17) is 10.5 Å². The van der Waals surface area contributed by atoms with Gasteiger partial charge < -0.3 is 20.3 Å². The van der Waals surface area contributed by atoms with Gasteiger partial charge in [-0.05, 0) is 31.8 Å². The molecule has 0 aliphatic carbocycles. The molecule has 2 N–H and O–H groups in total. The zero-order valence-corrected chi connectivity index (χ0v) is 14.1. The summed E-state index contributed by atoms with van der Waals surface area (Å²) in [5, 5.41) is 0. The van der Waals surface area contributed by atoms with Crippen molar-refractivity contribution >= 4 is 5.91 Å². The summed E-state index contributed by atoms with van der Waals surface area (Å²) >= 11 is 0. The number of nitrogens with zero attached hydrogens (tertiary/aromatic N) is 2. The van der Waals surface area contributed by atoms with Crippen LogP contribution >= 0.6 is 0 Å². The Kier molecular flexibility index (Phi) is 7.65. The molecule has 24 heavy (non-hydrogen) atoms. The molecule has 1 rings (SSSR count). The summed E-state index contributed by atoms with van der Waals surface area (Å²) in [6, 6.07) is 3.98. The lowest BCUT2D eigenvalue weighted by Gasteiger charge is -2.27. The van der Waals surface area contributed by atoms with Crippen molar-refractivity contribution in [3.05, 3.63) is 35.4 Å². The molecule has 1 unspecified atom stereocenters. The molecule has 1 amide bonds. The highest BCUT2D eigenvalue weighted by Gasteiger charge is 2.30. The van der Waals surface area contributed by atoms with Gasteiger partial charge in [-0.15, -0.1) is 0 Å². The second-order valence-corrected chi connectivity index (χ2v) is 5.82. The lowest BCUT2D eigenvalue weighted by atomic mass is 10.1. The fourth-order valence-electron chi connectivity index (χ4n) is 2.09. The molecule has 136 valence electrons. The minimum atomic E-state index is -4.38. The Balaban J connectivity index is 2.85. The van der Waals surface area contributed by atoms with Gasteiger partial charge in [-0.1, -0.05) is 12.1 Å². The van der Waals surface area contributed by atoms with E-state index in [1.54, 1.807) is 0 Å². The van der Waals surface area contributed by atoms with E-state index in [1.165, 1.54) is 24.1 Å². The van der Waals surface area contributed by atoms with E-state index in [-0.39, 0.29) is 19.1 Å². The normalized spacial score (nSPS) is 13.2. The molecule has 0 radical (unpaired) electrons. The molecule has 8 heteroatoms. The topological polar surface area (TPSA) is 58.8 Å². The van der Waals surface area contributed by atoms with Crippen molar-refractivity contribution in [2.45, 2.75) is 18.8 Å². The molecule has 1 aromatic carbocycles. The predicted octanol–water partition coefficient (Wildman–Crippen LogP) is 1.57. The number of nitrogens with two attached hydrogens (primary N) is 1. The van der Waals surface area contributed by atoms with Crippen LogP contribution in [0.4, 0.5) is 13.2 Å². The van der Waals surface area contributed by atoms with Crippen LogP contribution in [0.3, 0.4) is 0 Å². The van der Waals surface area contributed by atoms with Gasteiger partial charge >= 0.3 is 6.18 Å². The van der Waals surface area contributed by atoms with Gasteiger partial charge in [0.25, 0.3) is 0 Å². The fraction of sp³-hybridized carbons (Fsp3) is 0.562. The van der Waals surface area contributed by atoms with E-state index in [1.807, 2.05) is 19.0 Å². The molecule has 0 fully saturated rings. The van der Waals surface area contributed by atoms with E-state index in [0.717, 1.165) is 12.1 Å². The third-order valence-electron chi connectivity index (χ3n) is 3.45. The van der Waals surface area contributed by atoms with Crippen LogP contribution in [0.2, 0.25) is 0 Å². The zero-order chi connectivity index (χ0) is 18.3. The predicted molar refractivity (Wildman–Crippen MR) is 85.3 cm³/mol. The molecule has 0 saturated heterocycles. The summed E-state index contributed by atoms with van der Waals surface area (Å²) in [6.45, 7) is 1.32. The van der Waals surface area contributed by atoms with E-state index in [9.17, 15) is 18.0 Å². The molecular weight excluding hydrogens is 323 g/mol. The average molecular weight is 347 g/mol. The largest absolute Gasteiger partial charge is 0.416 e. The van der Waals surface area contributed by atoms with Crippen molar-refractivity contribution < 1.29 is 22.7 Å². The fourth-order valence-corrected chi connectivity index (χ4v) is 2.09. The van der Waals surface area contributed by atoms with Gasteiger partial charge in [0.2, 0.25) is 5.91 Å². The summed E-state index contributed by atoms with van der Waals surface area (Å²) in [7, 11) is 5.19. The van der Waals surface area contributed by atoms with Gasteiger partial charge in [0.1, 0.15) is 6.04 Å². The Hall–Kier alpha value is -1.64. The van der Waals surface area contributed by atoms with Crippen molar-refractivity contribution in [1.29, 1.82) is 0 Å². The van der Waals surface area contributed by atoms with E-state index >= 15 is 0 Å². The molecular formula is C16H24F3N3O2. The quantitative estimate of drug-likeness (QED) is 0.776. The van der Waals surface area contributed by atoms with Crippen LogP contribution in [-0.4, -0.2) is 62.7 Å². The number of likely N-dealkylation sites (N-methyl/N-ethyl adjacent to an activating group) is 1. The van der Waals surface area contributed by atoms with Crippen molar-refractivity contribution in [2.24, 2.45) is 5.73 Å². The van der Waals surface area contributed by atoms with Crippen molar-refractivity contribution in [3.8, 4) is 0 Å². The molecule has 0 aliphatic rings. The van der Waals surface area contributed by atoms with E-state index < -0.39 is 17.8 Å². The van der Waals surface area contributed by atoms with Crippen LogP contribution in [0.1, 0.15) is 11.1 Å². The van der Waals surface area contributed by atoms with Gasteiger partial charge in [-0.2, -0.15) is 13.2 Å². The number of ether oxygens (including phenoxy) is 1. The summed E-state index contributed by atoms with van der Waals surface area (Å²) in [4.78, 5) is 15.8. The smallest absolute Gasteiger partial charge is 0.383 e. The number of amides is 1. The minimum Gasteiger partial charge on any atom is -0.383 e. The SMILES string of the molecule is COCC(N)C(=O)N(CCN(C)C)Cc1ccc(C(F)(F)F)cc1. The number of hydrogen-bond donors (Lipinski definition) is 1. The number of alkyl halides is 3. The van der Waals surface area contributed by atoms with Gasteiger partial charge in [-0.3, -0.25) is 4.79 Å². The molecule has 1 atom stereocenters. The Morgan fingerprint density at radius 2 is 1.79 bits per heavy atom. The van der Waals surface area contributed by atoms with Gasteiger partial charge in [0, 0.05) is 26.7 Å². The Morgan fingerprint density at radius 3 is 2.25 bits per heavy atom. The third kappa shape index (κ3) is 6.46. The van der Waals surface area contributed by atoms with Gasteiger partial charge in [0.05, 0.1) is 12.2 Å². The highest BCUT2D eigenvalue weighted by molar-refractivity contribution is 5.81. The highest BCUT2D eigenvalue weighted by atomic mass is 19.4. The number of hydrogen-bond acceptors (Lipinski definition) is 4. The first-order chi connectivity index (χ1) is 11.1. The second kappa shape index (κ2) is 9.00. The van der Waals surface area contributed by atoms with Crippen LogP contribution < -0.4 is 5.73 Å². The zero-order valence-electron chi connectivity index (χ0n) is 14.1. The van der Waals surface area contributed by atoms with E-state index in [0.29, 0.717) is 18.7 Å². The second-order valence-electron chi connectivity index (χ2n) is 5.82. The van der Waals surface area contributed by atoms with Crippen molar-refractivity contribution in [2.75, 3.05) is 40.9 Å². The lowest BCUT2D eigenvalue weighted by molar-refractivity contribution is -0.138. The summed E-state index contributed by atoms with van der Waals surface area (Å²) in [5.74, 6) is -0.293. The van der Waals surface area contributed by atoms with Crippen LogP contribution in [0, 0.1) is 0 Å². The van der Waals surface area contributed by atoms with Gasteiger partial charge in [-0.25, -0.2) is 0 Å². The van der Waals surface area contributed by atoms with Crippen LogP contribution in [-0.2, 0) is 22.3 Å². The van der Waals surface area contributed by atoms with Crippen molar-refractivity contribution in [3.63, 3.8) is 0 Å². The monoisotopic (exact) mass is 347 g/mol. The molecule has 0 aliphatic heterocycles. The number of methoxy groups -OCH3 is 1. The molecule has 0 saturated carbocycles. The summed E-state index contributed by atoms with van der Waals surface area (Å²) in [5.41, 5.74) is 5.69. The Labute approximate surface area is 140 Å². The first-order valence-corrected chi connectivity index (χ1v) is 7.49. The number of rotatable bonds is 8. The Morgan fingerprint density at radius 1 is 1.21 bits per heavy atom. The number of carbonyl (C=O) groups is 1. The summed E-state index contributed by atoms with van der Waals surface area (Å²) < 4.78 is 42.7. The standard InChI is InChI=1S/C16H24F3N3O2/c1-21(2)8-9-22(15(23)14(20)11-24-3)10-12-4-6-13(7-5-12)16(17,18)19/h4-7,14H,8-11,20H2,1-3H3.